The molecule has 10 aromatic rings. The second-order valence-corrected chi connectivity index (χ2v) is 14.0. The highest BCUT2D eigenvalue weighted by Gasteiger charge is 2.50. The van der Waals surface area contributed by atoms with Crippen LogP contribution in [0.25, 0.3) is 82.1 Å². The number of hydrogen-bond donors (Lipinski definition) is 0. The van der Waals surface area contributed by atoms with Crippen LogP contribution in [0.4, 0.5) is 0 Å². The summed E-state index contributed by atoms with van der Waals surface area (Å²) in [4.78, 5) is 0. The minimum absolute atomic E-state index is 0.397. The molecular formula is C49H29N. The molecule has 230 valence electrons. The van der Waals surface area contributed by atoms with Crippen molar-refractivity contribution in [3.63, 3.8) is 0 Å². The highest BCUT2D eigenvalue weighted by Crippen LogP contribution is 2.63. The molecule has 0 bridgehead atoms. The van der Waals surface area contributed by atoms with Gasteiger partial charge in [0.15, 0.2) is 0 Å². The number of aromatic nitrogens is 1. The summed E-state index contributed by atoms with van der Waals surface area (Å²) in [5, 5.41) is 10.5. The molecule has 50 heavy (non-hydrogen) atoms. The number of nitrogens with zero attached hydrogens (tertiary/aromatic N) is 1. The molecule has 1 aromatic heterocycles. The predicted molar refractivity (Wildman–Crippen MR) is 210 cm³/mol. The summed E-state index contributed by atoms with van der Waals surface area (Å²) >= 11 is 0. The first-order valence-electron chi connectivity index (χ1n) is 17.5. The lowest BCUT2D eigenvalue weighted by Gasteiger charge is -2.37. The first-order chi connectivity index (χ1) is 24.8. The average molecular weight is 632 g/mol. The molecular weight excluding hydrogens is 603 g/mol. The van der Waals surface area contributed by atoms with Crippen molar-refractivity contribution in [3.05, 3.63) is 198 Å². The minimum atomic E-state index is -0.397. The monoisotopic (exact) mass is 631 g/mol. The van der Waals surface area contributed by atoms with Gasteiger partial charge >= 0.3 is 0 Å². The molecule has 0 saturated carbocycles. The van der Waals surface area contributed by atoms with E-state index >= 15 is 0 Å². The first kappa shape index (κ1) is 26.5. The largest absolute Gasteiger partial charge is 0.309 e. The third-order valence-corrected chi connectivity index (χ3v) is 11.7. The van der Waals surface area contributed by atoms with Gasteiger partial charge in [-0.3, -0.25) is 0 Å². The van der Waals surface area contributed by atoms with E-state index in [0.29, 0.717) is 0 Å². The van der Waals surface area contributed by atoms with Crippen LogP contribution in [-0.4, -0.2) is 4.57 Å². The van der Waals surface area contributed by atoms with Crippen molar-refractivity contribution in [2.75, 3.05) is 0 Å². The molecule has 0 saturated heterocycles. The van der Waals surface area contributed by atoms with Crippen molar-refractivity contribution in [2.45, 2.75) is 5.41 Å². The summed E-state index contributed by atoms with van der Waals surface area (Å²) in [5.74, 6) is 0. The molecule has 2 aliphatic carbocycles. The van der Waals surface area contributed by atoms with Crippen molar-refractivity contribution < 1.29 is 0 Å². The summed E-state index contributed by atoms with van der Waals surface area (Å²) in [6.45, 7) is 0. The van der Waals surface area contributed by atoms with Crippen LogP contribution in [0, 0.1) is 0 Å². The zero-order chi connectivity index (χ0) is 32.6. The maximum atomic E-state index is 2.53. The van der Waals surface area contributed by atoms with E-state index in [-0.39, 0.29) is 0 Å². The van der Waals surface area contributed by atoms with Gasteiger partial charge < -0.3 is 4.57 Å². The van der Waals surface area contributed by atoms with Crippen LogP contribution in [-0.2, 0) is 5.41 Å². The molecule has 9 aromatic carbocycles. The molecule has 0 fully saturated rings. The van der Waals surface area contributed by atoms with Crippen molar-refractivity contribution in [2.24, 2.45) is 0 Å². The molecule has 0 aliphatic heterocycles. The Kier molecular flexibility index (Phi) is 4.97. The quantitative estimate of drug-likeness (QED) is 0.171. The van der Waals surface area contributed by atoms with E-state index < -0.39 is 5.41 Å². The predicted octanol–water partition coefficient (Wildman–Crippen LogP) is 12.6. The molecule has 0 radical (unpaired) electrons. The molecule has 0 amide bonds. The summed E-state index contributed by atoms with van der Waals surface area (Å²) in [7, 11) is 0. The van der Waals surface area contributed by atoms with Crippen LogP contribution in [0.2, 0.25) is 0 Å². The maximum Gasteiger partial charge on any atom is 0.0726 e. The molecule has 1 heteroatoms. The van der Waals surface area contributed by atoms with Crippen molar-refractivity contribution in [1.82, 2.24) is 4.57 Å². The zero-order valence-corrected chi connectivity index (χ0v) is 27.2. The molecule has 0 N–H and O–H groups in total. The summed E-state index contributed by atoms with van der Waals surface area (Å²) in [6.07, 6.45) is 0. The molecule has 0 spiro atoms. The Hall–Kier alpha value is -6.44. The van der Waals surface area contributed by atoms with Crippen LogP contribution in [0.5, 0.6) is 0 Å². The highest BCUT2D eigenvalue weighted by atomic mass is 15.0. The zero-order valence-electron chi connectivity index (χ0n) is 27.2. The fourth-order valence-electron chi connectivity index (χ4n) is 9.88. The highest BCUT2D eigenvalue weighted by molar-refractivity contribution is 6.28. The van der Waals surface area contributed by atoms with Crippen LogP contribution >= 0.6 is 0 Å². The van der Waals surface area contributed by atoms with E-state index in [1.807, 2.05) is 0 Å². The molecule has 12 rings (SSSR count). The van der Waals surface area contributed by atoms with Gasteiger partial charge in [0.25, 0.3) is 0 Å². The fraction of sp³-hybridized carbons (Fsp3) is 0.0204. The lowest BCUT2D eigenvalue weighted by atomic mass is 9.63. The SMILES string of the molecule is c1ccc(C23c4ccccc4-c4ccc5c(c42)c2c4c3cccc4ccc2n5-c2cccc(-c3cc4ccccc4c4ccccc34)c2)cc1. The molecule has 2 aliphatic rings. The first-order valence-corrected chi connectivity index (χ1v) is 17.5. The van der Waals surface area contributed by atoms with E-state index in [1.54, 1.807) is 0 Å². The van der Waals surface area contributed by atoms with Crippen LogP contribution in [0.1, 0.15) is 22.3 Å². The van der Waals surface area contributed by atoms with Crippen molar-refractivity contribution in [1.29, 1.82) is 0 Å². The van der Waals surface area contributed by atoms with E-state index in [9.17, 15) is 0 Å². The smallest absolute Gasteiger partial charge is 0.0726 e. The third kappa shape index (κ3) is 3.10. The number of rotatable bonds is 3. The second-order valence-electron chi connectivity index (χ2n) is 14.0. The van der Waals surface area contributed by atoms with Gasteiger partial charge in [0, 0.05) is 16.5 Å². The fourth-order valence-corrected chi connectivity index (χ4v) is 9.88. The topological polar surface area (TPSA) is 4.93 Å². The van der Waals surface area contributed by atoms with Crippen molar-refractivity contribution >= 4 is 54.1 Å². The molecule has 1 heterocycles. The Balaban J connectivity index is 1.22. The molecule has 1 nitrogen and oxygen atoms in total. The number of fused-ring (bicyclic) bond motifs is 7. The van der Waals surface area contributed by atoms with Gasteiger partial charge in [-0.25, -0.2) is 0 Å². The van der Waals surface area contributed by atoms with E-state index in [4.69, 9.17) is 0 Å². The van der Waals surface area contributed by atoms with Gasteiger partial charge in [-0.05, 0) is 107 Å². The van der Waals surface area contributed by atoms with Gasteiger partial charge in [-0.1, -0.05) is 146 Å². The summed E-state index contributed by atoms with van der Waals surface area (Å²) in [5.41, 5.74) is 14.0. The number of hydrogen-bond acceptors (Lipinski definition) is 0. The van der Waals surface area contributed by atoms with Crippen molar-refractivity contribution in [3.8, 4) is 27.9 Å². The second kappa shape index (κ2) is 9.37. The van der Waals surface area contributed by atoms with Gasteiger partial charge in [0.05, 0.1) is 16.4 Å². The van der Waals surface area contributed by atoms with Gasteiger partial charge in [-0.15, -0.1) is 0 Å². The Morgan fingerprint density at radius 2 is 1.08 bits per heavy atom. The van der Waals surface area contributed by atoms with Crippen LogP contribution in [0.15, 0.2) is 176 Å². The van der Waals surface area contributed by atoms with Crippen LogP contribution in [0.3, 0.4) is 0 Å². The minimum Gasteiger partial charge on any atom is -0.309 e. The normalized spacial score (nSPS) is 15.7. The summed E-state index contributed by atoms with van der Waals surface area (Å²) in [6, 6.07) is 65.9. The Bertz CT molecular complexity index is 3090. The van der Waals surface area contributed by atoms with E-state index in [2.05, 4.69) is 180 Å². The standard InChI is InChI=1S/C49H29N/c1-2-15-33(16-3-1)49-41-22-9-8-21-38(41)39-25-27-44-47(48(39)49)46-43(26-24-30-13-11-23-42(49)45(30)46)50(44)34-17-10-14-31(28-34)40-29-32-12-4-5-18-35(32)36-19-6-7-20-37(36)40/h1-29H. The molecule has 1 atom stereocenters. The Labute approximate surface area is 289 Å². The van der Waals surface area contributed by atoms with E-state index in [0.717, 1.165) is 0 Å². The summed E-state index contributed by atoms with van der Waals surface area (Å²) < 4.78 is 2.53. The maximum absolute atomic E-state index is 2.53. The third-order valence-electron chi connectivity index (χ3n) is 11.7. The lowest BCUT2D eigenvalue weighted by molar-refractivity contribution is 0.782. The van der Waals surface area contributed by atoms with Gasteiger partial charge in [0.1, 0.15) is 0 Å². The molecule has 1 unspecified atom stereocenters. The lowest BCUT2D eigenvalue weighted by Crippen LogP contribution is -2.30. The van der Waals surface area contributed by atoms with Gasteiger partial charge in [-0.2, -0.15) is 0 Å². The average Bonchev–Trinajstić information content (AvgIpc) is 3.69. The number of benzene rings is 9. The Morgan fingerprint density at radius 3 is 2.00 bits per heavy atom. The van der Waals surface area contributed by atoms with Crippen LogP contribution < -0.4 is 0 Å². The van der Waals surface area contributed by atoms with E-state index in [1.165, 1.54) is 104 Å². The Morgan fingerprint density at radius 1 is 0.380 bits per heavy atom. The van der Waals surface area contributed by atoms with Gasteiger partial charge in [0.2, 0.25) is 0 Å².